The van der Waals surface area contributed by atoms with E-state index in [1.807, 2.05) is 0 Å². The molecule has 2 heteroatoms. The van der Waals surface area contributed by atoms with E-state index in [0.717, 1.165) is 30.3 Å². The van der Waals surface area contributed by atoms with Gasteiger partial charge in [0, 0.05) is 32.2 Å². The van der Waals surface area contributed by atoms with Crippen molar-refractivity contribution >= 4 is 0 Å². The maximum atomic E-state index is 2.74. The first-order valence-electron chi connectivity index (χ1n) is 7.61. The summed E-state index contributed by atoms with van der Waals surface area (Å²) >= 11 is 0. The van der Waals surface area contributed by atoms with Gasteiger partial charge in [0.25, 0.3) is 0 Å². The molecule has 1 aromatic rings. The molecule has 104 valence electrons. The Morgan fingerprint density at radius 3 is 2.53 bits per heavy atom. The number of fused-ring (bicyclic) bond motifs is 1. The standard InChI is InChI=1S/C17H26N2/c1-13(2)17-16-12-18(3)10-15(16)11-19(17)9-14-7-5-4-6-8-14/h4-8,13,15-17H,9-12H2,1-3H3/t15-,16+,17+/m0/s1. The average molecular weight is 258 g/mol. The highest BCUT2D eigenvalue weighted by atomic mass is 15.2. The van der Waals surface area contributed by atoms with Crippen molar-refractivity contribution in [2.45, 2.75) is 26.4 Å². The molecule has 2 fully saturated rings. The maximum absolute atomic E-state index is 2.74. The van der Waals surface area contributed by atoms with Crippen LogP contribution in [0, 0.1) is 17.8 Å². The van der Waals surface area contributed by atoms with E-state index < -0.39 is 0 Å². The first-order chi connectivity index (χ1) is 9.15. The van der Waals surface area contributed by atoms with Crippen molar-refractivity contribution in [3.8, 4) is 0 Å². The van der Waals surface area contributed by atoms with Crippen molar-refractivity contribution in [2.75, 3.05) is 26.7 Å². The van der Waals surface area contributed by atoms with Gasteiger partial charge in [0.1, 0.15) is 0 Å². The van der Waals surface area contributed by atoms with Gasteiger partial charge in [-0.1, -0.05) is 44.2 Å². The average Bonchev–Trinajstić information content (AvgIpc) is 2.85. The number of hydrogen-bond acceptors (Lipinski definition) is 2. The van der Waals surface area contributed by atoms with Crippen LogP contribution in [0.4, 0.5) is 0 Å². The summed E-state index contributed by atoms with van der Waals surface area (Å²) in [4.78, 5) is 5.26. The Labute approximate surface area is 117 Å². The predicted octanol–water partition coefficient (Wildman–Crippen LogP) is 2.70. The minimum absolute atomic E-state index is 0.755. The molecule has 0 saturated carbocycles. The lowest BCUT2D eigenvalue weighted by Gasteiger charge is -2.31. The second kappa shape index (κ2) is 5.26. The molecule has 2 heterocycles. The van der Waals surface area contributed by atoms with Crippen molar-refractivity contribution in [2.24, 2.45) is 17.8 Å². The van der Waals surface area contributed by atoms with E-state index >= 15 is 0 Å². The van der Waals surface area contributed by atoms with Gasteiger partial charge in [-0.2, -0.15) is 0 Å². The van der Waals surface area contributed by atoms with Crippen molar-refractivity contribution in [3.63, 3.8) is 0 Å². The van der Waals surface area contributed by atoms with E-state index in [4.69, 9.17) is 0 Å². The third-order valence-corrected chi connectivity index (χ3v) is 4.92. The van der Waals surface area contributed by atoms with Crippen LogP contribution < -0.4 is 0 Å². The van der Waals surface area contributed by atoms with Crippen LogP contribution in [0.15, 0.2) is 30.3 Å². The highest BCUT2D eigenvalue weighted by Crippen LogP contribution is 2.39. The number of benzene rings is 1. The van der Waals surface area contributed by atoms with Crippen LogP contribution in [0.3, 0.4) is 0 Å². The van der Waals surface area contributed by atoms with Crippen molar-refractivity contribution in [1.29, 1.82) is 0 Å². The molecular formula is C17H26N2. The van der Waals surface area contributed by atoms with Gasteiger partial charge < -0.3 is 4.90 Å². The van der Waals surface area contributed by atoms with Crippen molar-refractivity contribution in [3.05, 3.63) is 35.9 Å². The molecule has 0 aromatic heterocycles. The van der Waals surface area contributed by atoms with Gasteiger partial charge in [-0.05, 0) is 30.4 Å². The van der Waals surface area contributed by atoms with Crippen LogP contribution in [-0.2, 0) is 6.54 Å². The monoisotopic (exact) mass is 258 g/mol. The number of hydrogen-bond donors (Lipinski definition) is 0. The van der Waals surface area contributed by atoms with Crippen molar-refractivity contribution < 1.29 is 0 Å². The molecule has 3 rings (SSSR count). The van der Waals surface area contributed by atoms with Crippen molar-refractivity contribution in [1.82, 2.24) is 9.80 Å². The Morgan fingerprint density at radius 2 is 1.84 bits per heavy atom. The summed E-state index contributed by atoms with van der Waals surface area (Å²) in [5.74, 6) is 2.53. The summed E-state index contributed by atoms with van der Waals surface area (Å²) < 4.78 is 0. The summed E-state index contributed by atoms with van der Waals surface area (Å²) in [5, 5.41) is 0. The Balaban J connectivity index is 1.75. The third kappa shape index (κ3) is 2.56. The van der Waals surface area contributed by atoms with E-state index in [1.165, 1.54) is 25.2 Å². The molecule has 2 aliphatic rings. The van der Waals surface area contributed by atoms with Gasteiger partial charge in [-0.3, -0.25) is 4.90 Å². The molecule has 0 unspecified atom stereocenters. The molecule has 2 saturated heterocycles. The summed E-state index contributed by atoms with van der Waals surface area (Å²) in [6, 6.07) is 11.7. The third-order valence-electron chi connectivity index (χ3n) is 4.92. The summed E-state index contributed by atoms with van der Waals surface area (Å²) in [5.41, 5.74) is 1.46. The lowest BCUT2D eigenvalue weighted by atomic mass is 9.87. The Hall–Kier alpha value is -0.860. The highest BCUT2D eigenvalue weighted by molar-refractivity contribution is 5.15. The zero-order chi connectivity index (χ0) is 13.4. The van der Waals surface area contributed by atoms with Crippen LogP contribution in [0.1, 0.15) is 19.4 Å². The Kier molecular flexibility index (Phi) is 3.64. The first kappa shape index (κ1) is 13.1. The van der Waals surface area contributed by atoms with E-state index in [9.17, 15) is 0 Å². The van der Waals surface area contributed by atoms with Crippen LogP contribution in [0.5, 0.6) is 0 Å². The largest absolute Gasteiger partial charge is 0.306 e. The molecule has 0 N–H and O–H groups in total. The minimum Gasteiger partial charge on any atom is -0.306 e. The highest BCUT2D eigenvalue weighted by Gasteiger charge is 2.46. The zero-order valence-electron chi connectivity index (χ0n) is 12.4. The molecule has 0 spiro atoms. The van der Waals surface area contributed by atoms with Crippen LogP contribution in [-0.4, -0.2) is 42.5 Å². The zero-order valence-corrected chi connectivity index (χ0v) is 12.4. The molecule has 0 aliphatic carbocycles. The van der Waals surface area contributed by atoms with Gasteiger partial charge in [-0.15, -0.1) is 0 Å². The molecular weight excluding hydrogens is 232 g/mol. The molecule has 0 bridgehead atoms. The second-order valence-corrected chi connectivity index (χ2v) is 6.79. The molecule has 3 atom stereocenters. The smallest absolute Gasteiger partial charge is 0.0237 e. The normalized spacial score (nSPS) is 32.1. The number of rotatable bonds is 3. The van der Waals surface area contributed by atoms with E-state index in [0.29, 0.717) is 0 Å². The molecule has 1 aromatic carbocycles. The minimum atomic E-state index is 0.755. The Morgan fingerprint density at radius 1 is 1.11 bits per heavy atom. The summed E-state index contributed by atoms with van der Waals surface area (Å²) in [6.07, 6.45) is 0. The van der Waals surface area contributed by atoms with Gasteiger partial charge >= 0.3 is 0 Å². The fraction of sp³-hybridized carbons (Fsp3) is 0.647. The van der Waals surface area contributed by atoms with Gasteiger partial charge in [0.05, 0.1) is 0 Å². The van der Waals surface area contributed by atoms with E-state index in [-0.39, 0.29) is 0 Å². The predicted molar refractivity (Wildman–Crippen MR) is 80.0 cm³/mol. The topological polar surface area (TPSA) is 6.48 Å². The molecule has 19 heavy (non-hydrogen) atoms. The van der Waals surface area contributed by atoms with Gasteiger partial charge in [0.15, 0.2) is 0 Å². The number of likely N-dealkylation sites (tertiary alicyclic amines) is 2. The molecule has 0 amide bonds. The fourth-order valence-corrected chi connectivity index (χ4v) is 4.30. The van der Waals surface area contributed by atoms with Gasteiger partial charge in [-0.25, -0.2) is 0 Å². The fourth-order valence-electron chi connectivity index (χ4n) is 4.30. The molecule has 0 radical (unpaired) electrons. The first-order valence-corrected chi connectivity index (χ1v) is 7.61. The maximum Gasteiger partial charge on any atom is 0.0237 e. The molecule has 2 aliphatic heterocycles. The summed E-state index contributed by atoms with van der Waals surface area (Å²) in [7, 11) is 2.28. The SMILES string of the molecule is CC(C)[C@@H]1[C@@H]2CN(C)C[C@H]2CN1Cc1ccccc1. The van der Waals surface area contributed by atoms with Crippen LogP contribution in [0.2, 0.25) is 0 Å². The van der Waals surface area contributed by atoms with E-state index in [1.54, 1.807) is 0 Å². The quantitative estimate of drug-likeness (QED) is 0.822. The van der Waals surface area contributed by atoms with Crippen LogP contribution in [0.25, 0.3) is 0 Å². The summed E-state index contributed by atoms with van der Waals surface area (Å²) in [6.45, 7) is 9.78. The molecule has 2 nitrogen and oxygen atoms in total. The lowest BCUT2D eigenvalue weighted by Crippen LogP contribution is -2.39. The Bertz CT molecular complexity index is 415. The second-order valence-electron chi connectivity index (χ2n) is 6.79. The number of nitrogens with zero attached hydrogens (tertiary/aromatic N) is 2. The van der Waals surface area contributed by atoms with Crippen LogP contribution >= 0.6 is 0 Å². The van der Waals surface area contributed by atoms with Gasteiger partial charge in [0.2, 0.25) is 0 Å². The van der Waals surface area contributed by atoms with E-state index in [2.05, 4.69) is 61.0 Å². The lowest BCUT2D eigenvalue weighted by molar-refractivity contribution is 0.156.